The Balaban J connectivity index is 1.48. The number of para-hydroxylation sites is 1. The van der Waals surface area contributed by atoms with Gasteiger partial charge in [0.25, 0.3) is 0 Å². The van der Waals surface area contributed by atoms with E-state index < -0.39 is 21.0 Å². The van der Waals surface area contributed by atoms with Crippen molar-refractivity contribution in [3.05, 3.63) is 84.1 Å². The summed E-state index contributed by atoms with van der Waals surface area (Å²) in [5.41, 5.74) is 4.01. The van der Waals surface area contributed by atoms with Crippen molar-refractivity contribution in [1.82, 2.24) is 10.3 Å². The number of methoxy groups -OCH3 is 1. The third kappa shape index (κ3) is 5.25. The van der Waals surface area contributed by atoms with E-state index in [0.717, 1.165) is 53.9 Å². The predicted molar refractivity (Wildman–Crippen MR) is 151 cm³/mol. The SMILES string of the molecule is COc1cc(N2CCNCC2)ccc1NC(=O)[C@H](Cc1c[nH]c2ccccc12)S(=O)(=O)c1ccc(C)cc1. The number of amides is 1. The third-order valence-electron chi connectivity index (χ3n) is 7.02. The minimum absolute atomic E-state index is 0.0211. The topological polar surface area (TPSA) is 104 Å². The second kappa shape index (κ2) is 10.9. The number of nitrogens with zero attached hydrogens (tertiary/aromatic N) is 1. The fraction of sp³-hybridized carbons (Fsp3) is 0.276. The number of anilines is 2. The third-order valence-corrected chi connectivity index (χ3v) is 9.08. The fourth-order valence-electron chi connectivity index (χ4n) is 4.85. The fourth-order valence-corrected chi connectivity index (χ4v) is 6.44. The number of nitrogens with one attached hydrogen (secondary N) is 3. The first-order chi connectivity index (χ1) is 18.4. The van der Waals surface area contributed by atoms with Crippen molar-refractivity contribution < 1.29 is 17.9 Å². The average molecular weight is 533 g/mol. The normalized spacial score (nSPS) is 14.8. The first kappa shape index (κ1) is 25.8. The van der Waals surface area contributed by atoms with E-state index in [0.29, 0.717) is 11.4 Å². The van der Waals surface area contributed by atoms with E-state index in [-0.39, 0.29) is 11.3 Å². The van der Waals surface area contributed by atoms with Crippen molar-refractivity contribution in [3.63, 3.8) is 0 Å². The van der Waals surface area contributed by atoms with E-state index in [9.17, 15) is 13.2 Å². The Bertz CT molecular complexity index is 1540. The molecule has 0 radical (unpaired) electrons. The number of rotatable bonds is 8. The highest BCUT2D eigenvalue weighted by Gasteiger charge is 2.35. The minimum atomic E-state index is -4.01. The molecule has 1 amide bonds. The number of aromatic amines is 1. The van der Waals surface area contributed by atoms with E-state index >= 15 is 0 Å². The van der Waals surface area contributed by atoms with Gasteiger partial charge in [-0.2, -0.15) is 0 Å². The molecule has 1 aliphatic heterocycles. The monoisotopic (exact) mass is 532 g/mol. The van der Waals surface area contributed by atoms with Gasteiger partial charge in [0.05, 0.1) is 17.7 Å². The molecule has 0 unspecified atom stereocenters. The first-order valence-electron chi connectivity index (χ1n) is 12.7. The summed E-state index contributed by atoms with van der Waals surface area (Å²) in [6.45, 7) is 5.43. The molecule has 2 heterocycles. The zero-order valence-corrected chi connectivity index (χ0v) is 22.3. The molecule has 198 valence electrons. The molecule has 0 aliphatic carbocycles. The maximum atomic E-state index is 13.8. The molecular weight excluding hydrogens is 500 g/mol. The second-order valence-electron chi connectivity index (χ2n) is 9.52. The Hall–Kier alpha value is -3.82. The molecule has 1 aliphatic rings. The van der Waals surface area contributed by atoms with Crippen molar-refractivity contribution in [2.75, 3.05) is 43.5 Å². The van der Waals surface area contributed by atoms with Crippen LogP contribution >= 0.6 is 0 Å². The van der Waals surface area contributed by atoms with Crippen LogP contribution < -0.4 is 20.3 Å². The molecule has 0 spiro atoms. The van der Waals surface area contributed by atoms with Crippen molar-refractivity contribution in [2.24, 2.45) is 0 Å². The van der Waals surface area contributed by atoms with Crippen LogP contribution in [-0.4, -0.2) is 57.8 Å². The van der Waals surface area contributed by atoms with E-state index in [1.54, 1.807) is 43.6 Å². The lowest BCUT2D eigenvalue weighted by Crippen LogP contribution is -2.43. The number of hydrogen-bond acceptors (Lipinski definition) is 6. The Morgan fingerprint density at radius 2 is 1.79 bits per heavy atom. The highest BCUT2D eigenvalue weighted by atomic mass is 32.2. The van der Waals surface area contributed by atoms with Gasteiger partial charge in [-0.05, 0) is 42.8 Å². The van der Waals surface area contributed by atoms with E-state index in [1.165, 1.54) is 0 Å². The number of aromatic nitrogens is 1. The summed E-state index contributed by atoms with van der Waals surface area (Å²) >= 11 is 0. The number of fused-ring (bicyclic) bond motifs is 1. The Labute approximate surface area is 222 Å². The Morgan fingerprint density at radius 3 is 2.53 bits per heavy atom. The van der Waals surface area contributed by atoms with Crippen LogP contribution in [0.15, 0.2) is 77.8 Å². The number of carbonyl (C=O) groups excluding carboxylic acids is 1. The lowest BCUT2D eigenvalue weighted by atomic mass is 10.1. The summed E-state index contributed by atoms with van der Waals surface area (Å²) in [4.78, 5) is 19.3. The molecule has 0 bridgehead atoms. The maximum Gasteiger partial charge on any atom is 0.243 e. The number of ether oxygens (including phenoxy) is 1. The largest absolute Gasteiger partial charge is 0.494 e. The van der Waals surface area contributed by atoms with Crippen LogP contribution in [0.4, 0.5) is 11.4 Å². The van der Waals surface area contributed by atoms with Crippen LogP contribution in [0.1, 0.15) is 11.1 Å². The molecule has 1 saturated heterocycles. The van der Waals surface area contributed by atoms with Gasteiger partial charge in [0.15, 0.2) is 9.84 Å². The zero-order chi connectivity index (χ0) is 26.7. The van der Waals surface area contributed by atoms with Gasteiger partial charge in [-0.3, -0.25) is 4.79 Å². The van der Waals surface area contributed by atoms with Gasteiger partial charge >= 0.3 is 0 Å². The van der Waals surface area contributed by atoms with E-state index in [4.69, 9.17) is 4.74 Å². The Kier molecular flexibility index (Phi) is 7.40. The number of benzene rings is 3. The molecule has 3 N–H and O–H groups in total. The van der Waals surface area contributed by atoms with Gasteiger partial charge < -0.3 is 25.3 Å². The van der Waals surface area contributed by atoms with Gasteiger partial charge in [-0.1, -0.05) is 35.9 Å². The summed E-state index contributed by atoms with van der Waals surface area (Å²) < 4.78 is 33.3. The van der Waals surface area contributed by atoms with Crippen molar-refractivity contribution in [2.45, 2.75) is 23.5 Å². The van der Waals surface area contributed by atoms with Crippen LogP contribution in [0.25, 0.3) is 10.9 Å². The van der Waals surface area contributed by atoms with Crippen molar-refractivity contribution in [3.8, 4) is 5.75 Å². The summed E-state index contributed by atoms with van der Waals surface area (Å²) in [6, 6.07) is 19.8. The smallest absolute Gasteiger partial charge is 0.243 e. The highest BCUT2D eigenvalue weighted by Crippen LogP contribution is 2.32. The molecule has 8 nitrogen and oxygen atoms in total. The van der Waals surface area contributed by atoms with Crippen molar-refractivity contribution >= 4 is 38.0 Å². The van der Waals surface area contributed by atoms with Crippen LogP contribution in [0, 0.1) is 6.92 Å². The molecule has 9 heteroatoms. The summed E-state index contributed by atoms with van der Waals surface area (Å²) in [5.74, 6) is -0.128. The highest BCUT2D eigenvalue weighted by molar-refractivity contribution is 7.92. The predicted octanol–water partition coefficient (Wildman–Crippen LogP) is 3.92. The quantitative estimate of drug-likeness (QED) is 0.318. The molecule has 38 heavy (non-hydrogen) atoms. The van der Waals surface area contributed by atoms with Crippen LogP contribution in [0.3, 0.4) is 0 Å². The summed E-state index contributed by atoms with van der Waals surface area (Å²) in [5, 5.41) is 5.73. The number of sulfone groups is 1. The molecule has 1 fully saturated rings. The molecule has 4 aromatic rings. The van der Waals surface area contributed by atoms with E-state index in [2.05, 4.69) is 20.5 Å². The van der Waals surface area contributed by atoms with Gasteiger partial charge in [-0.25, -0.2) is 8.42 Å². The summed E-state index contributed by atoms with van der Waals surface area (Å²) in [7, 11) is -2.47. The lowest BCUT2D eigenvalue weighted by molar-refractivity contribution is -0.115. The Morgan fingerprint density at radius 1 is 1.05 bits per heavy atom. The first-order valence-corrected chi connectivity index (χ1v) is 14.2. The van der Waals surface area contributed by atoms with Gasteiger partial charge in [0.1, 0.15) is 11.0 Å². The molecule has 0 saturated carbocycles. The number of carbonyl (C=O) groups is 1. The van der Waals surface area contributed by atoms with Gasteiger partial charge in [0.2, 0.25) is 5.91 Å². The van der Waals surface area contributed by atoms with Crippen LogP contribution in [0.2, 0.25) is 0 Å². The van der Waals surface area contributed by atoms with Gasteiger partial charge in [-0.15, -0.1) is 0 Å². The molecule has 3 aromatic carbocycles. The van der Waals surface area contributed by atoms with Crippen LogP contribution in [0.5, 0.6) is 5.75 Å². The van der Waals surface area contributed by atoms with Crippen LogP contribution in [-0.2, 0) is 21.1 Å². The number of aryl methyl sites for hydroxylation is 1. The average Bonchev–Trinajstić information content (AvgIpc) is 3.35. The van der Waals surface area contributed by atoms with Gasteiger partial charge in [0, 0.05) is 61.5 Å². The molecule has 1 atom stereocenters. The zero-order valence-electron chi connectivity index (χ0n) is 21.5. The minimum Gasteiger partial charge on any atom is -0.494 e. The number of piperazine rings is 1. The molecule has 1 aromatic heterocycles. The number of H-pyrrole nitrogens is 1. The maximum absolute atomic E-state index is 13.8. The lowest BCUT2D eigenvalue weighted by Gasteiger charge is -2.30. The second-order valence-corrected chi connectivity index (χ2v) is 11.7. The molecule has 5 rings (SSSR count). The van der Waals surface area contributed by atoms with Crippen molar-refractivity contribution in [1.29, 1.82) is 0 Å². The number of hydrogen-bond donors (Lipinski definition) is 3. The van der Waals surface area contributed by atoms with E-state index in [1.807, 2.05) is 43.3 Å². The molecular formula is C29H32N4O4S. The standard InChI is InChI=1S/C29H32N4O4S/c1-20-7-10-23(11-8-20)38(35,36)28(17-21-19-31-25-6-4-3-5-24(21)25)29(34)32-26-12-9-22(18-27(26)37-2)33-15-13-30-14-16-33/h3-12,18-19,28,30-31H,13-17H2,1-2H3,(H,32,34)/t28-/m0/s1. The summed E-state index contributed by atoms with van der Waals surface area (Å²) in [6.07, 6.45) is 1.80.